The average Bonchev–Trinajstić information content (AvgIpc) is 2.03. The molecule has 1 aromatic carbocycles. The maximum atomic E-state index is 10.1. The molecule has 0 unspecified atom stereocenters. The lowest BCUT2D eigenvalue weighted by Gasteiger charge is -2.01. The third-order valence-electron chi connectivity index (χ3n) is 1.45. The van der Waals surface area contributed by atoms with Crippen LogP contribution in [-0.4, -0.2) is 17.7 Å². The molecule has 70 valence electrons. The molecule has 0 amide bonds. The summed E-state index contributed by atoms with van der Waals surface area (Å²) in [6.45, 7) is -0.00780. The van der Waals surface area contributed by atoms with Crippen LogP contribution in [0.15, 0.2) is 24.3 Å². The van der Waals surface area contributed by atoms with Gasteiger partial charge in [-0.1, -0.05) is 12.1 Å². The Bertz CT molecular complexity index is 299. The standard InChI is InChI=1S/C9H11NO3/c10-8-3-1-2-7(4-8)5-13-6-9(11)12/h1-4H,5-6,10H2,(H,11,12). The maximum absolute atomic E-state index is 10.1. The number of nitrogen functional groups attached to an aromatic ring is 1. The van der Waals surface area contributed by atoms with E-state index in [-0.39, 0.29) is 13.2 Å². The largest absolute Gasteiger partial charge is 0.480 e. The molecular formula is C9H11NO3. The predicted octanol–water partition coefficient (Wildman–Crippen LogP) is 0.870. The number of nitrogens with two attached hydrogens (primary N) is 1. The second-order valence-electron chi connectivity index (χ2n) is 2.63. The van der Waals surface area contributed by atoms with Crippen molar-refractivity contribution in [1.29, 1.82) is 0 Å². The van der Waals surface area contributed by atoms with Crippen molar-refractivity contribution in [3.05, 3.63) is 29.8 Å². The van der Waals surface area contributed by atoms with Crippen LogP contribution in [0.25, 0.3) is 0 Å². The fourth-order valence-corrected chi connectivity index (χ4v) is 0.939. The van der Waals surface area contributed by atoms with Crippen molar-refractivity contribution in [1.82, 2.24) is 0 Å². The smallest absolute Gasteiger partial charge is 0.329 e. The SMILES string of the molecule is Nc1cccc(COCC(=O)O)c1. The first kappa shape index (κ1) is 9.54. The normalized spacial score (nSPS) is 9.85. The number of carboxylic acid groups (broad SMARTS) is 1. The van der Waals surface area contributed by atoms with Crippen molar-refractivity contribution in [2.75, 3.05) is 12.3 Å². The summed E-state index contributed by atoms with van der Waals surface area (Å²) in [4.78, 5) is 10.1. The molecule has 0 aromatic heterocycles. The Kier molecular flexibility index (Phi) is 3.28. The van der Waals surface area contributed by atoms with Gasteiger partial charge in [0, 0.05) is 5.69 Å². The highest BCUT2D eigenvalue weighted by Gasteiger charge is 1.97. The third-order valence-corrected chi connectivity index (χ3v) is 1.45. The molecule has 0 saturated carbocycles. The molecule has 0 aliphatic rings. The summed E-state index contributed by atoms with van der Waals surface area (Å²) in [6, 6.07) is 7.15. The molecule has 1 aromatic rings. The molecule has 13 heavy (non-hydrogen) atoms. The number of hydrogen-bond acceptors (Lipinski definition) is 3. The predicted molar refractivity (Wildman–Crippen MR) is 48.1 cm³/mol. The lowest BCUT2D eigenvalue weighted by Crippen LogP contribution is -2.06. The van der Waals surface area contributed by atoms with E-state index in [2.05, 4.69) is 0 Å². The van der Waals surface area contributed by atoms with Gasteiger partial charge in [0.05, 0.1) is 6.61 Å². The minimum atomic E-state index is -0.969. The summed E-state index contributed by atoms with van der Waals surface area (Å²) >= 11 is 0. The number of rotatable bonds is 4. The summed E-state index contributed by atoms with van der Waals surface area (Å²) in [5.41, 5.74) is 7.04. The Morgan fingerprint density at radius 1 is 1.54 bits per heavy atom. The summed E-state index contributed by atoms with van der Waals surface area (Å²) < 4.78 is 4.88. The first-order valence-electron chi connectivity index (χ1n) is 3.82. The highest BCUT2D eigenvalue weighted by atomic mass is 16.5. The molecule has 0 atom stereocenters. The quantitative estimate of drug-likeness (QED) is 0.676. The van der Waals surface area contributed by atoms with Gasteiger partial charge in [0.25, 0.3) is 0 Å². The summed E-state index contributed by atoms with van der Waals surface area (Å²) in [6.07, 6.45) is 0. The molecule has 1 rings (SSSR count). The van der Waals surface area contributed by atoms with Gasteiger partial charge in [-0.05, 0) is 17.7 Å². The van der Waals surface area contributed by atoms with Crippen LogP contribution >= 0.6 is 0 Å². The molecule has 4 nitrogen and oxygen atoms in total. The van der Waals surface area contributed by atoms with Crippen molar-refractivity contribution >= 4 is 11.7 Å². The van der Waals surface area contributed by atoms with Gasteiger partial charge in [0.1, 0.15) is 6.61 Å². The van der Waals surface area contributed by atoms with E-state index in [9.17, 15) is 4.79 Å². The van der Waals surface area contributed by atoms with Crippen molar-refractivity contribution in [2.45, 2.75) is 6.61 Å². The minimum absolute atomic E-state index is 0.275. The van der Waals surface area contributed by atoms with Gasteiger partial charge in [0.2, 0.25) is 0 Å². The number of carboxylic acids is 1. The fraction of sp³-hybridized carbons (Fsp3) is 0.222. The van der Waals surface area contributed by atoms with Gasteiger partial charge in [-0.25, -0.2) is 4.79 Å². The topological polar surface area (TPSA) is 72.5 Å². The van der Waals surface area contributed by atoms with E-state index in [4.69, 9.17) is 15.6 Å². The van der Waals surface area contributed by atoms with Gasteiger partial charge in [-0.3, -0.25) is 0 Å². The van der Waals surface area contributed by atoms with E-state index in [1.165, 1.54) is 0 Å². The van der Waals surface area contributed by atoms with Crippen molar-refractivity contribution in [3.8, 4) is 0 Å². The molecule has 0 aliphatic carbocycles. The van der Waals surface area contributed by atoms with Gasteiger partial charge in [-0.15, -0.1) is 0 Å². The zero-order valence-electron chi connectivity index (χ0n) is 7.06. The molecule has 3 N–H and O–H groups in total. The van der Waals surface area contributed by atoms with E-state index in [0.717, 1.165) is 5.56 Å². The number of carbonyl (C=O) groups is 1. The Balaban J connectivity index is 2.41. The molecule has 0 aliphatic heterocycles. The summed E-state index contributed by atoms with van der Waals surface area (Å²) in [5, 5.41) is 8.30. The van der Waals surface area contributed by atoms with Crippen LogP contribution in [0.3, 0.4) is 0 Å². The molecule has 0 saturated heterocycles. The highest BCUT2D eigenvalue weighted by Crippen LogP contribution is 2.07. The fourth-order valence-electron chi connectivity index (χ4n) is 0.939. The second-order valence-corrected chi connectivity index (χ2v) is 2.63. The zero-order chi connectivity index (χ0) is 9.68. The van der Waals surface area contributed by atoms with Crippen LogP contribution in [0.1, 0.15) is 5.56 Å². The molecule has 0 heterocycles. The van der Waals surface area contributed by atoms with Crippen LogP contribution in [0.4, 0.5) is 5.69 Å². The summed E-state index contributed by atoms with van der Waals surface area (Å²) in [5.74, 6) is -0.969. The van der Waals surface area contributed by atoms with Crippen molar-refractivity contribution in [2.24, 2.45) is 0 Å². The Morgan fingerprint density at radius 3 is 2.92 bits per heavy atom. The van der Waals surface area contributed by atoms with Gasteiger partial charge < -0.3 is 15.6 Å². The number of ether oxygens (including phenoxy) is 1. The molecule has 4 heteroatoms. The number of benzene rings is 1. The second kappa shape index (κ2) is 4.47. The number of hydrogen-bond donors (Lipinski definition) is 2. The van der Waals surface area contributed by atoms with E-state index in [1.54, 1.807) is 18.2 Å². The van der Waals surface area contributed by atoms with Gasteiger partial charge in [-0.2, -0.15) is 0 Å². The maximum Gasteiger partial charge on any atom is 0.329 e. The van der Waals surface area contributed by atoms with Crippen molar-refractivity contribution in [3.63, 3.8) is 0 Å². The zero-order valence-corrected chi connectivity index (χ0v) is 7.06. The minimum Gasteiger partial charge on any atom is -0.480 e. The van der Waals surface area contributed by atoms with Crippen LogP contribution in [-0.2, 0) is 16.1 Å². The van der Waals surface area contributed by atoms with E-state index in [0.29, 0.717) is 5.69 Å². The molecular weight excluding hydrogens is 170 g/mol. The van der Waals surface area contributed by atoms with Crippen molar-refractivity contribution < 1.29 is 14.6 Å². The first-order valence-corrected chi connectivity index (χ1v) is 3.82. The van der Waals surface area contributed by atoms with Gasteiger partial charge in [0.15, 0.2) is 0 Å². The third kappa shape index (κ3) is 3.57. The first-order chi connectivity index (χ1) is 6.18. The molecule has 0 bridgehead atoms. The lowest BCUT2D eigenvalue weighted by molar-refractivity contribution is -0.142. The lowest BCUT2D eigenvalue weighted by atomic mass is 10.2. The van der Waals surface area contributed by atoms with Gasteiger partial charge >= 0.3 is 5.97 Å². The van der Waals surface area contributed by atoms with E-state index >= 15 is 0 Å². The Hall–Kier alpha value is -1.55. The monoisotopic (exact) mass is 181 g/mol. The van der Waals surface area contributed by atoms with Crippen LogP contribution in [0.2, 0.25) is 0 Å². The van der Waals surface area contributed by atoms with Crippen LogP contribution < -0.4 is 5.73 Å². The van der Waals surface area contributed by atoms with E-state index < -0.39 is 5.97 Å². The highest BCUT2D eigenvalue weighted by molar-refractivity contribution is 5.68. The molecule has 0 fully saturated rings. The summed E-state index contributed by atoms with van der Waals surface area (Å²) in [7, 11) is 0. The Labute approximate surface area is 75.9 Å². The number of anilines is 1. The average molecular weight is 181 g/mol. The van der Waals surface area contributed by atoms with Crippen LogP contribution in [0.5, 0.6) is 0 Å². The Morgan fingerprint density at radius 2 is 2.31 bits per heavy atom. The van der Waals surface area contributed by atoms with E-state index in [1.807, 2.05) is 6.07 Å². The van der Waals surface area contributed by atoms with Crippen LogP contribution in [0, 0.1) is 0 Å². The molecule has 0 spiro atoms. The number of aliphatic carboxylic acids is 1. The molecule has 0 radical (unpaired) electrons.